The van der Waals surface area contributed by atoms with Crippen LogP contribution in [0.3, 0.4) is 0 Å². The van der Waals surface area contributed by atoms with Crippen LogP contribution in [0, 0.1) is 0 Å². The first kappa shape index (κ1) is 21.9. The predicted molar refractivity (Wildman–Crippen MR) is 113 cm³/mol. The summed E-state index contributed by atoms with van der Waals surface area (Å²) in [5.74, 6) is 0.870. The summed E-state index contributed by atoms with van der Waals surface area (Å²) in [6.07, 6.45) is 0.296. The molecule has 0 unspecified atom stereocenters. The van der Waals surface area contributed by atoms with E-state index in [0.29, 0.717) is 11.5 Å². The molecule has 0 saturated carbocycles. The van der Waals surface area contributed by atoms with Crippen LogP contribution < -0.4 is 9.47 Å². The minimum absolute atomic E-state index is 0.0824. The van der Waals surface area contributed by atoms with Gasteiger partial charge in [-0.3, -0.25) is 9.69 Å². The Labute approximate surface area is 180 Å². The van der Waals surface area contributed by atoms with Crippen molar-refractivity contribution in [3.63, 3.8) is 0 Å². The average Bonchev–Trinajstić information content (AvgIpc) is 2.79. The van der Waals surface area contributed by atoms with E-state index in [1.54, 1.807) is 30.2 Å². The van der Waals surface area contributed by atoms with Gasteiger partial charge in [0.05, 0.1) is 20.3 Å². The number of oxime groups is 1. The van der Waals surface area contributed by atoms with E-state index in [4.69, 9.17) is 14.7 Å². The van der Waals surface area contributed by atoms with E-state index >= 15 is 0 Å². The van der Waals surface area contributed by atoms with E-state index in [1.165, 1.54) is 13.3 Å². The van der Waals surface area contributed by atoms with Gasteiger partial charge >= 0.3 is 6.09 Å². The molecule has 2 aromatic carbocycles. The summed E-state index contributed by atoms with van der Waals surface area (Å²) < 4.78 is 10.6. The van der Waals surface area contributed by atoms with Crippen LogP contribution in [-0.4, -0.2) is 64.6 Å². The number of nitrogens with zero attached hydrogens (tertiary/aromatic N) is 3. The maximum Gasteiger partial charge on any atom is 0.408 e. The Bertz CT molecular complexity index is 950. The molecule has 31 heavy (non-hydrogen) atoms. The van der Waals surface area contributed by atoms with E-state index in [-0.39, 0.29) is 25.4 Å². The highest BCUT2D eigenvalue weighted by Crippen LogP contribution is 2.33. The molecule has 0 spiro atoms. The lowest BCUT2D eigenvalue weighted by atomic mass is 9.89. The number of carbonyl (C=O) groups excluding carboxylic acids is 1. The first-order valence-corrected chi connectivity index (χ1v) is 9.71. The number of carboxylic acid groups (broad SMARTS) is 1. The third kappa shape index (κ3) is 4.71. The normalized spacial score (nSPS) is 18.0. The summed E-state index contributed by atoms with van der Waals surface area (Å²) in [5.41, 5.74) is 1.54. The molecule has 164 valence electrons. The lowest BCUT2D eigenvalue weighted by Crippen LogP contribution is -2.70. The molecular formula is C22H25N3O6. The van der Waals surface area contributed by atoms with Crippen molar-refractivity contribution in [2.75, 3.05) is 14.2 Å². The van der Waals surface area contributed by atoms with Crippen molar-refractivity contribution in [3.05, 3.63) is 59.7 Å². The molecular weight excluding hydrogens is 402 g/mol. The molecule has 2 N–H and O–H groups in total. The number of β-lactam (4-membered cyclic amide) rings is 1. The van der Waals surface area contributed by atoms with E-state index < -0.39 is 18.2 Å². The van der Waals surface area contributed by atoms with Crippen molar-refractivity contribution < 1.29 is 29.4 Å². The lowest BCUT2D eigenvalue weighted by molar-refractivity contribution is -0.159. The van der Waals surface area contributed by atoms with Crippen LogP contribution in [0.15, 0.2) is 53.7 Å². The Morgan fingerprint density at radius 2 is 1.94 bits per heavy atom. The van der Waals surface area contributed by atoms with Crippen molar-refractivity contribution in [1.29, 1.82) is 0 Å². The number of hydrogen-bond donors (Lipinski definition) is 2. The summed E-state index contributed by atoms with van der Waals surface area (Å²) in [4.78, 5) is 27.7. The fraction of sp³-hybridized carbons (Fsp3) is 0.318. The molecule has 1 aliphatic rings. The molecule has 0 radical (unpaired) electrons. The zero-order valence-corrected chi connectivity index (χ0v) is 17.3. The second-order valence-corrected chi connectivity index (χ2v) is 7.09. The standard InChI is InChI=1S/C22H25N3O6/c1-30-17-9-8-16(19(12-17)31-2)14-24-18(10-11-23-29)20(21(24)26)25(22(27)28)13-15-6-4-3-5-7-15/h3-9,11-12,18,20,29H,10,13-14H2,1-2H3,(H,27,28)/t18-,20+/m1/s1. The van der Waals surface area contributed by atoms with Crippen LogP contribution in [0.4, 0.5) is 4.79 Å². The monoisotopic (exact) mass is 427 g/mol. The van der Waals surface area contributed by atoms with Crippen LogP contribution >= 0.6 is 0 Å². The van der Waals surface area contributed by atoms with Gasteiger partial charge in [-0.25, -0.2) is 4.79 Å². The molecule has 0 bridgehead atoms. The number of rotatable bonds is 9. The number of amides is 2. The molecule has 0 aliphatic carbocycles. The maximum absolute atomic E-state index is 13.0. The van der Waals surface area contributed by atoms with E-state index in [2.05, 4.69) is 5.16 Å². The highest BCUT2D eigenvalue weighted by atomic mass is 16.5. The second kappa shape index (κ2) is 9.84. The van der Waals surface area contributed by atoms with Gasteiger partial charge in [0.1, 0.15) is 17.5 Å². The van der Waals surface area contributed by atoms with Crippen molar-refractivity contribution in [3.8, 4) is 11.5 Å². The number of methoxy groups -OCH3 is 2. The summed E-state index contributed by atoms with van der Waals surface area (Å²) in [7, 11) is 3.08. The topological polar surface area (TPSA) is 112 Å². The quantitative estimate of drug-likeness (QED) is 0.275. The van der Waals surface area contributed by atoms with Crippen LogP contribution in [0.5, 0.6) is 11.5 Å². The van der Waals surface area contributed by atoms with Gasteiger partial charge in [0.15, 0.2) is 0 Å². The highest BCUT2D eigenvalue weighted by molar-refractivity contribution is 5.93. The number of likely N-dealkylation sites (tertiary alicyclic amines) is 1. The van der Waals surface area contributed by atoms with Gasteiger partial charge in [-0.2, -0.15) is 0 Å². The molecule has 0 aromatic heterocycles. The molecule has 2 aromatic rings. The Morgan fingerprint density at radius 1 is 1.19 bits per heavy atom. The fourth-order valence-electron chi connectivity index (χ4n) is 3.76. The first-order valence-electron chi connectivity index (χ1n) is 9.71. The van der Waals surface area contributed by atoms with Gasteiger partial charge < -0.3 is 24.7 Å². The van der Waals surface area contributed by atoms with E-state index in [1.807, 2.05) is 30.3 Å². The second-order valence-electron chi connectivity index (χ2n) is 7.09. The Hall–Kier alpha value is -3.75. The number of benzene rings is 2. The van der Waals surface area contributed by atoms with Crippen molar-refractivity contribution in [2.45, 2.75) is 31.6 Å². The summed E-state index contributed by atoms with van der Waals surface area (Å²) >= 11 is 0. The van der Waals surface area contributed by atoms with Gasteiger partial charge in [-0.05, 0) is 17.7 Å². The lowest BCUT2D eigenvalue weighted by Gasteiger charge is -2.50. The van der Waals surface area contributed by atoms with Crippen LogP contribution in [-0.2, 0) is 17.9 Å². The van der Waals surface area contributed by atoms with Gasteiger partial charge in [0, 0.05) is 37.4 Å². The molecule has 3 rings (SSSR count). The zero-order valence-electron chi connectivity index (χ0n) is 17.3. The summed E-state index contributed by atoms with van der Waals surface area (Å²) in [6, 6.07) is 13.0. The molecule has 1 fully saturated rings. The van der Waals surface area contributed by atoms with Gasteiger partial charge in [-0.15, -0.1) is 5.16 Å². The smallest absolute Gasteiger partial charge is 0.408 e. The number of carbonyl (C=O) groups is 2. The number of hydrogen-bond acceptors (Lipinski definition) is 6. The summed E-state index contributed by atoms with van der Waals surface area (Å²) in [6.45, 7) is 0.310. The minimum atomic E-state index is -1.19. The zero-order chi connectivity index (χ0) is 22.4. The summed E-state index contributed by atoms with van der Waals surface area (Å²) in [5, 5.41) is 21.7. The third-order valence-corrected chi connectivity index (χ3v) is 5.34. The van der Waals surface area contributed by atoms with Crippen LogP contribution in [0.25, 0.3) is 0 Å². The maximum atomic E-state index is 13.0. The van der Waals surface area contributed by atoms with Crippen LogP contribution in [0.2, 0.25) is 0 Å². The predicted octanol–water partition coefficient (Wildman–Crippen LogP) is 2.81. The number of ether oxygens (including phenoxy) is 2. The molecule has 9 heteroatoms. The average molecular weight is 427 g/mol. The Kier molecular flexibility index (Phi) is 6.96. The molecule has 1 heterocycles. The molecule has 2 atom stereocenters. The van der Waals surface area contributed by atoms with Crippen LogP contribution in [0.1, 0.15) is 17.5 Å². The van der Waals surface area contributed by atoms with E-state index in [9.17, 15) is 14.7 Å². The van der Waals surface area contributed by atoms with Gasteiger partial charge in [-0.1, -0.05) is 30.3 Å². The Morgan fingerprint density at radius 3 is 2.55 bits per heavy atom. The first-order chi connectivity index (χ1) is 15.0. The molecule has 1 aliphatic heterocycles. The molecule has 9 nitrogen and oxygen atoms in total. The van der Waals surface area contributed by atoms with Crippen molar-refractivity contribution >= 4 is 18.2 Å². The largest absolute Gasteiger partial charge is 0.497 e. The van der Waals surface area contributed by atoms with Gasteiger partial charge in [0.2, 0.25) is 5.91 Å². The SMILES string of the molecule is COc1ccc(CN2C(=O)[C@@H](N(Cc3ccccc3)C(=O)O)[C@H]2CC=NO)c(OC)c1. The third-order valence-electron chi connectivity index (χ3n) is 5.34. The van der Waals surface area contributed by atoms with Crippen molar-refractivity contribution in [2.24, 2.45) is 5.16 Å². The minimum Gasteiger partial charge on any atom is -0.497 e. The highest BCUT2D eigenvalue weighted by Gasteiger charge is 2.51. The fourth-order valence-corrected chi connectivity index (χ4v) is 3.76. The van der Waals surface area contributed by atoms with Gasteiger partial charge in [0.25, 0.3) is 0 Å². The Balaban J connectivity index is 1.84. The van der Waals surface area contributed by atoms with Crippen molar-refractivity contribution in [1.82, 2.24) is 9.80 Å². The van der Waals surface area contributed by atoms with E-state index in [0.717, 1.165) is 16.0 Å². The molecule has 2 amide bonds. The molecule has 1 saturated heterocycles.